The minimum Gasteiger partial charge on any atom is -0.480 e. The zero-order chi connectivity index (χ0) is 15.3. The van der Waals surface area contributed by atoms with Crippen molar-refractivity contribution in [1.82, 2.24) is 5.32 Å². The minimum absolute atomic E-state index is 0.201. The van der Waals surface area contributed by atoms with E-state index in [9.17, 15) is 14.7 Å². The molecule has 0 spiro atoms. The maximum atomic E-state index is 12.1. The number of nitrogens with one attached hydrogen (secondary N) is 1. The van der Waals surface area contributed by atoms with Crippen LogP contribution in [0.2, 0.25) is 0 Å². The Morgan fingerprint density at radius 1 is 1.24 bits per heavy atom. The molecule has 4 nitrogen and oxygen atoms in total. The second-order valence-electron chi connectivity index (χ2n) is 5.55. The lowest BCUT2D eigenvalue weighted by molar-refractivity contribution is -0.148. The number of carboxylic acids is 1. The highest BCUT2D eigenvalue weighted by atomic mass is 32.2. The van der Waals surface area contributed by atoms with Gasteiger partial charge in [-0.2, -0.15) is 0 Å². The Hall–Kier alpha value is -1.49. The molecule has 1 aromatic carbocycles. The Morgan fingerprint density at radius 2 is 1.90 bits per heavy atom. The Balaban J connectivity index is 1.94. The molecule has 0 unspecified atom stereocenters. The number of hydrogen-bond donors (Lipinski definition) is 2. The van der Waals surface area contributed by atoms with Gasteiger partial charge in [-0.15, -0.1) is 11.8 Å². The third kappa shape index (κ3) is 4.00. The van der Waals surface area contributed by atoms with Gasteiger partial charge in [-0.05, 0) is 31.4 Å². The molecule has 2 rings (SSSR count). The lowest BCUT2D eigenvalue weighted by Crippen LogP contribution is -2.56. The molecule has 0 atom stereocenters. The summed E-state index contributed by atoms with van der Waals surface area (Å²) < 4.78 is 0. The fraction of sp³-hybridized carbons (Fsp3) is 0.500. The summed E-state index contributed by atoms with van der Waals surface area (Å²) in [7, 11) is 0. The quantitative estimate of drug-likeness (QED) is 0.821. The van der Waals surface area contributed by atoms with Gasteiger partial charge in [0.2, 0.25) is 5.91 Å². The van der Waals surface area contributed by atoms with Crippen LogP contribution >= 0.6 is 11.8 Å². The summed E-state index contributed by atoms with van der Waals surface area (Å²) in [6.07, 6.45) is 3.82. The predicted octanol–water partition coefficient (Wildman–Crippen LogP) is 2.99. The van der Waals surface area contributed by atoms with Gasteiger partial charge >= 0.3 is 5.97 Å². The van der Waals surface area contributed by atoms with Crippen LogP contribution in [0.25, 0.3) is 0 Å². The summed E-state index contributed by atoms with van der Waals surface area (Å²) in [5.74, 6) is -0.858. The van der Waals surface area contributed by atoms with Crippen LogP contribution in [-0.2, 0) is 9.59 Å². The summed E-state index contributed by atoms with van der Waals surface area (Å²) in [4.78, 5) is 24.7. The van der Waals surface area contributed by atoms with Crippen molar-refractivity contribution in [3.63, 3.8) is 0 Å². The third-order valence-electron chi connectivity index (χ3n) is 3.95. The zero-order valence-corrected chi connectivity index (χ0v) is 13.0. The number of aryl methyl sites for hydroxylation is 1. The van der Waals surface area contributed by atoms with E-state index in [2.05, 4.69) is 5.32 Å². The molecule has 1 amide bonds. The molecule has 5 heteroatoms. The molecule has 114 valence electrons. The number of rotatable bonds is 5. The van der Waals surface area contributed by atoms with Gasteiger partial charge in [0.15, 0.2) is 0 Å². The minimum atomic E-state index is -1.05. The second kappa shape index (κ2) is 6.98. The number of aliphatic carboxylic acids is 1. The smallest absolute Gasteiger partial charge is 0.329 e. The fourth-order valence-electron chi connectivity index (χ4n) is 2.71. The SMILES string of the molecule is Cc1ccccc1SCC(=O)NC1(C(=O)O)CCCCC1. The largest absolute Gasteiger partial charge is 0.480 e. The van der Waals surface area contributed by atoms with Crippen LogP contribution in [0.5, 0.6) is 0 Å². The Labute approximate surface area is 129 Å². The summed E-state index contributed by atoms with van der Waals surface area (Å²) in [5.41, 5.74) is 0.0719. The normalized spacial score (nSPS) is 17.2. The average Bonchev–Trinajstić information content (AvgIpc) is 2.47. The highest BCUT2D eigenvalue weighted by Gasteiger charge is 2.40. The van der Waals surface area contributed by atoms with Gasteiger partial charge in [0.25, 0.3) is 0 Å². The number of carbonyl (C=O) groups excluding carboxylic acids is 1. The van der Waals surface area contributed by atoms with Gasteiger partial charge in [-0.3, -0.25) is 4.79 Å². The molecule has 1 fully saturated rings. The van der Waals surface area contributed by atoms with Gasteiger partial charge in [-0.25, -0.2) is 4.79 Å². The molecule has 0 aliphatic heterocycles. The number of hydrogen-bond acceptors (Lipinski definition) is 3. The standard InChI is InChI=1S/C16H21NO3S/c1-12-7-3-4-8-13(12)21-11-14(18)17-16(15(19)20)9-5-2-6-10-16/h3-4,7-8H,2,5-6,9-11H2,1H3,(H,17,18)(H,19,20). The lowest BCUT2D eigenvalue weighted by atomic mass is 9.81. The molecule has 0 radical (unpaired) electrons. The molecule has 1 aliphatic rings. The van der Waals surface area contributed by atoms with Crippen LogP contribution in [0.4, 0.5) is 0 Å². The number of thioether (sulfide) groups is 1. The second-order valence-corrected chi connectivity index (χ2v) is 6.57. The van der Waals surface area contributed by atoms with Gasteiger partial charge in [-0.1, -0.05) is 37.5 Å². The molecule has 0 saturated heterocycles. The van der Waals surface area contributed by atoms with Gasteiger partial charge in [0.1, 0.15) is 5.54 Å². The fourth-order valence-corrected chi connectivity index (χ4v) is 3.54. The molecular formula is C16H21NO3S. The molecule has 0 heterocycles. The van der Waals surface area contributed by atoms with Crippen molar-refractivity contribution in [1.29, 1.82) is 0 Å². The molecular weight excluding hydrogens is 286 g/mol. The van der Waals surface area contributed by atoms with Crippen molar-refractivity contribution in [3.05, 3.63) is 29.8 Å². The molecule has 2 N–H and O–H groups in total. The molecule has 21 heavy (non-hydrogen) atoms. The highest BCUT2D eigenvalue weighted by molar-refractivity contribution is 8.00. The van der Waals surface area contributed by atoms with Gasteiger partial charge in [0.05, 0.1) is 5.75 Å². The molecule has 1 saturated carbocycles. The Kier molecular flexibility index (Phi) is 5.28. The van der Waals surface area contributed by atoms with E-state index in [-0.39, 0.29) is 11.7 Å². The van der Waals surface area contributed by atoms with E-state index in [1.807, 2.05) is 31.2 Å². The number of benzene rings is 1. The predicted molar refractivity (Wildman–Crippen MR) is 83.5 cm³/mol. The van der Waals surface area contributed by atoms with Crippen LogP contribution in [0.1, 0.15) is 37.7 Å². The Morgan fingerprint density at radius 3 is 2.52 bits per heavy atom. The monoisotopic (exact) mass is 307 g/mol. The number of carbonyl (C=O) groups is 2. The highest BCUT2D eigenvalue weighted by Crippen LogP contribution is 2.29. The van der Waals surface area contributed by atoms with Crippen molar-refractivity contribution in [2.45, 2.75) is 49.5 Å². The van der Waals surface area contributed by atoms with E-state index in [0.29, 0.717) is 12.8 Å². The lowest BCUT2D eigenvalue weighted by Gasteiger charge is -2.33. The number of amides is 1. The maximum Gasteiger partial charge on any atom is 0.329 e. The van der Waals surface area contributed by atoms with Gasteiger partial charge < -0.3 is 10.4 Å². The van der Waals surface area contributed by atoms with Crippen molar-refractivity contribution in [3.8, 4) is 0 Å². The van der Waals surface area contributed by atoms with Crippen molar-refractivity contribution in [2.75, 3.05) is 5.75 Å². The van der Waals surface area contributed by atoms with E-state index in [1.165, 1.54) is 11.8 Å². The molecule has 1 aromatic rings. The van der Waals surface area contributed by atoms with Crippen LogP contribution in [0.3, 0.4) is 0 Å². The van der Waals surface area contributed by atoms with Crippen molar-refractivity contribution in [2.24, 2.45) is 0 Å². The van der Waals surface area contributed by atoms with Crippen molar-refractivity contribution < 1.29 is 14.7 Å². The van der Waals surface area contributed by atoms with Crippen molar-refractivity contribution >= 4 is 23.6 Å². The maximum absolute atomic E-state index is 12.1. The first-order valence-corrected chi connectivity index (χ1v) is 8.25. The topological polar surface area (TPSA) is 66.4 Å². The first-order valence-electron chi connectivity index (χ1n) is 7.26. The van der Waals surface area contributed by atoms with E-state index in [4.69, 9.17) is 0 Å². The average molecular weight is 307 g/mol. The summed E-state index contributed by atoms with van der Waals surface area (Å²) in [5, 5.41) is 12.2. The van der Waals surface area contributed by atoms with E-state index < -0.39 is 11.5 Å². The summed E-state index contributed by atoms with van der Waals surface area (Å²) in [6, 6.07) is 7.87. The van der Waals surface area contributed by atoms with E-state index in [0.717, 1.165) is 29.7 Å². The van der Waals surface area contributed by atoms with Crippen LogP contribution < -0.4 is 5.32 Å². The molecule has 0 aromatic heterocycles. The van der Waals surface area contributed by atoms with Crippen LogP contribution in [0.15, 0.2) is 29.2 Å². The number of carboxylic acid groups (broad SMARTS) is 1. The van der Waals surface area contributed by atoms with Crippen LogP contribution in [-0.4, -0.2) is 28.3 Å². The Bertz CT molecular complexity index is 524. The molecule has 1 aliphatic carbocycles. The van der Waals surface area contributed by atoms with E-state index in [1.54, 1.807) is 0 Å². The zero-order valence-electron chi connectivity index (χ0n) is 12.2. The molecule has 0 bridgehead atoms. The summed E-state index contributed by atoms with van der Waals surface area (Å²) >= 11 is 1.45. The first kappa shape index (κ1) is 15.9. The van der Waals surface area contributed by atoms with Crippen LogP contribution in [0, 0.1) is 6.92 Å². The first-order chi connectivity index (χ1) is 10.0. The summed E-state index contributed by atoms with van der Waals surface area (Å²) in [6.45, 7) is 2.00. The third-order valence-corrected chi connectivity index (χ3v) is 5.12. The van der Waals surface area contributed by atoms with Gasteiger partial charge in [0, 0.05) is 4.90 Å². The van der Waals surface area contributed by atoms with E-state index >= 15 is 0 Å².